The molecule has 0 spiro atoms. The van der Waals surface area contributed by atoms with Gasteiger partial charge in [-0.3, -0.25) is 15.6 Å². The average molecular weight is 263 g/mol. The highest BCUT2D eigenvalue weighted by molar-refractivity contribution is 6.28. The number of anilines is 1. The Bertz CT molecular complexity index is 556. The van der Waals surface area contributed by atoms with Gasteiger partial charge in [-0.2, -0.15) is 4.98 Å². The van der Waals surface area contributed by atoms with Gasteiger partial charge >= 0.3 is 0 Å². The molecule has 1 aromatic carbocycles. The molecule has 0 saturated carbocycles. The zero-order valence-electron chi connectivity index (χ0n) is 9.64. The second-order valence-corrected chi connectivity index (χ2v) is 3.99. The van der Waals surface area contributed by atoms with Crippen LogP contribution in [0.2, 0.25) is 5.28 Å². The topological polar surface area (TPSA) is 66.9 Å². The van der Waals surface area contributed by atoms with Gasteiger partial charge in [0, 0.05) is 17.8 Å². The summed E-state index contributed by atoms with van der Waals surface area (Å²) in [6, 6.07) is 8.84. The number of aromatic nitrogens is 2. The molecule has 5 nitrogen and oxygen atoms in total. The maximum atomic E-state index is 11.8. The number of aryl methyl sites for hydroxylation is 1. The quantitative estimate of drug-likeness (QED) is 0.657. The van der Waals surface area contributed by atoms with Crippen molar-refractivity contribution in [2.45, 2.75) is 6.92 Å². The highest BCUT2D eigenvalue weighted by Gasteiger charge is 2.04. The molecule has 1 amide bonds. The molecule has 0 fully saturated rings. The Balaban J connectivity index is 1.98. The lowest BCUT2D eigenvalue weighted by Crippen LogP contribution is -2.29. The van der Waals surface area contributed by atoms with Crippen molar-refractivity contribution in [2.24, 2.45) is 0 Å². The van der Waals surface area contributed by atoms with Gasteiger partial charge < -0.3 is 0 Å². The number of rotatable bonds is 3. The fraction of sp³-hybridized carbons (Fsp3) is 0.0833. The average Bonchev–Trinajstić information content (AvgIpc) is 2.37. The van der Waals surface area contributed by atoms with Gasteiger partial charge in [0.05, 0.1) is 0 Å². The zero-order valence-corrected chi connectivity index (χ0v) is 10.4. The molecule has 6 heteroatoms. The van der Waals surface area contributed by atoms with Crippen LogP contribution in [0.5, 0.6) is 0 Å². The van der Waals surface area contributed by atoms with Crippen molar-refractivity contribution in [2.75, 3.05) is 5.43 Å². The van der Waals surface area contributed by atoms with E-state index in [0.717, 1.165) is 5.56 Å². The van der Waals surface area contributed by atoms with Crippen LogP contribution in [0.1, 0.15) is 15.9 Å². The minimum atomic E-state index is -0.246. The Hall–Kier alpha value is -2.14. The van der Waals surface area contributed by atoms with Crippen molar-refractivity contribution in [1.82, 2.24) is 15.4 Å². The van der Waals surface area contributed by atoms with E-state index in [1.807, 2.05) is 19.1 Å². The Morgan fingerprint density at radius 1 is 1.22 bits per heavy atom. The van der Waals surface area contributed by atoms with Gasteiger partial charge in [-0.1, -0.05) is 17.7 Å². The zero-order chi connectivity index (χ0) is 13.0. The Kier molecular flexibility index (Phi) is 3.74. The van der Waals surface area contributed by atoms with Crippen LogP contribution in [0.3, 0.4) is 0 Å². The lowest BCUT2D eigenvalue weighted by atomic mass is 10.1. The first-order chi connectivity index (χ1) is 8.65. The number of carbonyl (C=O) groups is 1. The summed E-state index contributed by atoms with van der Waals surface area (Å²) in [7, 11) is 0. The van der Waals surface area contributed by atoms with Gasteiger partial charge in [0.25, 0.3) is 5.91 Å². The second-order valence-electron chi connectivity index (χ2n) is 3.66. The Labute approximate surface area is 109 Å². The predicted octanol–water partition coefficient (Wildman–Crippen LogP) is 2.20. The normalized spacial score (nSPS) is 9.89. The Morgan fingerprint density at radius 3 is 2.61 bits per heavy atom. The molecule has 1 aromatic heterocycles. The molecule has 0 aliphatic heterocycles. The molecule has 2 aromatic rings. The van der Waals surface area contributed by atoms with Crippen LogP contribution in [0.25, 0.3) is 0 Å². The lowest BCUT2D eigenvalue weighted by molar-refractivity contribution is 0.0962. The van der Waals surface area contributed by atoms with Crippen molar-refractivity contribution in [1.29, 1.82) is 0 Å². The summed E-state index contributed by atoms with van der Waals surface area (Å²) in [5.41, 5.74) is 6.85. The molecular formula is C12H11ClN4O. The first-order valence-corrected chi connectivity index (χ1v) is 5.64. The molecule has 0 radical (unpaired) electrons. The third kappa shape index (κ3) is 3.18. The van der Waals surface area contributed by atoms with Gasteiger partial charge in [-0.05, 0) is 30.7 Å². The standard InChI is InChI=1S/C12H11ClN4O/c1-8-2-4-9(5-3-8)11(18)17-16-10-6-7-14-12(13)15-10/h2-7H,1H3,(H,17,18)(H,14,15,16). The van der Waals surface area contributed by atoms with Crippen LogP contribution >= 0.6 is 11.6 Å². The van der Waals surface area contributed by atoms with E-state index in [-0.39, 0.29) is 11.2 Å². The molecule has 0 bridgehead atoms. The first kappa shape index (κ1) is 12.3. The van der Waals surface area contributed by atoms with Gasteiger partial charge in [0.2, 0.25) is 5.28 Å². The number of hydrazine groups is 1. The number of hydrogen-bond acceptors (Lipinski definition) is 4. The fourth-order valence-electron chi connectivity index (χ4n) is 1.30. The summed E-state index contributed by atoms with van der Waals surface area (Å²) >= 11 is 5.62. The van der Waals surface area contributed by atoms with Crippen molar-refractivity contribution in [3.63, 3.8) is 0 Å². The Morgan fingerprint density at radius 2 is 1.94 bits per heavy atom. The van der Waals surface area contributed by atoms with E-state index in [2.05, 4.69) is 20.8 Å². The van der Waals surface area contributed by atoms with E-state index < -0.39 is 0 Å². The number of benzene rings is 1. The number of hydrogen-bond donors (Lipinski definition) is 2. The van der Waals surface area contributed by atoms with E-state index in [9.17, 15) is 4.79 Å². The fourth-order valence-corrected chi connectivity index (χ4v) is 1.45. The summed E-state index contributed by atoms with van der Waals surface area (Å²) in [6.07, 6.45) is 1.50. The highest BCUT2D eigenvalue weighted by Crippen LogP contribution is 2.05. The SMILES string of the molecule is Cc1ccc(C(=O)NNc2ccnc(Cl)n2)cc1. The number of carbonyl (C=O) groups excluding carboxylic acids is 1. The minimum absolute atomic E-state index is 0.115. The number of nitrogens with one attached hydrogen (secondary N) is 2. The predicted molar refractivity (Wildman–Crippen MR) is 69.3 cm³/mol. The van der Waals surface area contributed by atoms with E-state index >= 15 is 0 Å². The molecule has 18 heavy (non-hydrogen) atoms. The molecule has 92 valence electrons. The molecule has 1 heterocycles. The van der Waals surface area contributed by atoms with Gasteiger partial charge in [0.1, 0.15) is 5.82 Å². The molecule has 0 aliphatic carbocycles. The van der Waals surface area contributed by atoms with Crippen molar-refractivity contribution < 1.29 is 4.79 Å². The van der Waals surface area contributed by atoms with Crippen molar-refractivity contribution in [3.05, 3.63) is 52.9 Å². The first-order valence-electron chi connectivity index (χ1n) is 5.27. The number of halogens is 1. The van der Waals surface area contributed by atoms with Crippen LogP contribution in [0, 0.1) is 6.92 Å². The third-order valence-electron chi connectivity index (χ3n) is 2.24. The smallest absolute Gasteiger partial charge is 0.269 e. The van der Waals surface area contributed by atoms with Crippen LogP contribution in [-0.4, -0.2) is 15.9 Å². The van der Waals surface area contributed by atoms with Crippen LogP contribution < -0.4 is 10.9 Å². The summed E-state index contributed by atoms with van der Waals surface area (Å²) < 4.78 is 0. The van der Waals surface area contributed by atoms with E-state index in [0.29, 0.717) is 11.4 Å². The number of nitrogens with zero attached hydrogens (tertiary/aromatic N) is 2. The highest BCUT2D eigenvalue weighted by atomic mass is 35.5. The van der Waals surface area contributed by atoms with Gasteiger partial charge in [-0.25, -0.2) is 4.98 Å². The largest absolute Gasteiger partial charge is 0.281 e. The summed E-state index contributed by atoms with van der Waals surface area (Å²) in [4.78, 5) is 19.4. The molecule has 0 atom stereocenters. The van der Waals surface area contributed by atoms with Crippen molar-refractivity contribution in [3.8, 4) is 0 Å². The molecule has 0 saturated heterocycles. The van der Waals surface area contributed by atoms with Gasteiger partial charge in [0.15, 0.2) is 0 Å². The molecule has 2 N–H and O–H groups in total. The summed E-state index contributed by atoms with van der Waals surface area (Å²) in [5, 5.41) is 0.115. The van der Waals surface area contributed by atoms with Crippen LogP contribution in [-0.2, 0) is 0 Å². The molecule has 0 aliphatic rings. The monoisotopic (exact) mass is 262 g/mol. The lowest BCUT2D eigenvalue weighted by Gasteiger charge is -2.07. The summed E-state index contributed by atoms with van der Waals surface area (Å²) in [5.74, 6) is 0.181. The minimum Gasteiger partial charge on any atom is -0.281 e. The van der Waals surface area contributed by atoms with E-state index in [1.165, 1.54) is 6.20 Å². The van der Waals surface area contributed by atoms with Gasteiger partial charge in [-0.15, -0.1) is 0 Å². The van der Waals surface area contributed by atoms with Crippen molar-refractivity contribution >= 4 is 23.3 Å². The maximum Gasteiger partial charge on any atom is 0.269 e. The van der Waals surface area contributed by atoms with E-state index in [1.54, 1.807) is 18.2 Å². The van der Waals surface area contributed by atoms with E-state index in [4.69, 9.17) is 11.6 Å². The van der Waals surface area contributed by atoms with Crippen LogP contribution in [0.4, 0.5) is 5.82 Å². The second kappa shape index (κ2) is 5.46. The van der Waals surface area contributed by atoms with Crippen LogP contribution in [0.15, 0.2) is 36.5 Å². The molecule has 0 unspecified atom stereocenters. The summed E-state index contributed by atoms with van der Waals surface area (Å²) in [6.45, 7) is 1.96. The third-order valence-corrected chi connectivity index (χ3v) is 2.43. The molecule has 2 rings (SSSR count). The maximum absolute atomic E-state index is 11.8. The number of amides is 1. The molecular weight excluding hydrogens is 252 g/mol.